The lowest BCUT2D eigenvalue weighted by atomic mass is 10.00. The van der Waals surface area contributed by atoms with Gasteiger partial charge in [-0.2, -0.15) is 0 Å². The lowest BCUT2D eigenvalue weighted by Crippen LogP contribution is -2.62. The van der Waals surface area contributed by atoms with Crippen LogP contribution in [0.1, 0.15) is 32.2 Å². The maximum Gasteiger partial charge on any atom is 0.239 e. The van der Waals surface area contributed by atoms with Crippen LogP contribution in [0.3, 0.4) is 0 Å². The average molecular weight is 252 g/mol. The van der Waals surface area contributed by atoms with Gasteiger partial charge in [0.25, 0.3) is 0 Å². The third kappa shape index (κ3) is 2.01. The molecule has 6 heteroatoms. The second kappa shape index (κ2) is 4.68. The first-order valence-electron chi connectivity index (χ1n) is 6.24. The van der Waals surface area contributed by atoms with E-state index in [0.717, 1.165) is 11.4 Å². The fourth-order valence-corrected chi connectivity index (χ4v) is 2.44. The van der Waals surface area contributed by atoms with Crippen LogP contribution in [0.5, 0.6) is 0 Å². The molecule has 1 aliphatic heterocycles. The Bertz CT molecular complexity index is 445. The highest BCUT2D eigenvalue weighted by Crippen LogP contribution is 2.23. The summed E-state index contributed by atoms with van der Waals surface area (Å²) in [6.07, 6.45) is 0. The van der Waals surface area contributed by atoms with Crippen LogP contribution < -0.4 is 0 Å². The Morgan fingerprint density at radius 2 is 1.89 bits per heavy atom. The molecule has 0 aromatic carbocycles. The van der Waals surface area contributed by atoms with E-state index in [1.54, 1.807) is 0 Å². The standard InChI is InChI=1S/C12H20N4O2/c1-7-11(14-18-13-7)6-16-9(3)8(2)15(5)12(17)10(16)4/h8-10H,6H2,1-5H3/t8-,9+,10+/m0/s1. The van der Waals surface area contributed by atoms with Gasteiger partial charge in [-0.3, -0.25) is 9.69 Å². The molecule has 1 aromatic heterocycles. The highest BCUT2D eigenvalue weighted by atomic mass is 16.6. The maximum atomic E-state index is 12.1. The molecule has 18 heavy (non-hydrogen) atoms. The van der Waals surface area contributed by atoms with Gasteiger partial charge in [-0.05, 0) is 27.7 Å². The van der Waals surface area contributed by atoms with Crippen molar-refractivity contribution in [3.05, 3.63) is 11.4 Å². The van der Waals surface area contributed by atoms with Gasteiger partial charge in [0.1, 0.15) is 11.4 Å². The smallest absolute Gasteiger partial charge is 0.239 e. The van der Waals surface area contributed by atoms with E-state index < -0.39 is 0 Å². The zero-order valence-electron chi connectivity index (χ0n) is 11.5. The lowest BCUT2D eigenvalue weighted by Gasteiger charge is -2.46. The van der Waals surface area contributed by atoms with Crippen LogP contribution in [-0.2, 0) is 11.3 Å². The van der Waals surface area contributed by atoms with E-state index in [0.29, 0.717) is 6.54 Å². The molecule has 2 heterocycles. The summed E-state index contributed by atoms with van der Waals surface area (Å²) in [6.45, 7) is 8.59. The maximum absolute atomic E-state index is 12.1. The normalized spacial score (nSPS) is 29.9. The summed E-state index contributed by atoms with van der Waals surface area (Å²) in [6, 6.07) is 0.324. The molecule has 1 aromatic rings. The Hall–Kier alpha value is -1.43. The molecule has 1 aliphatic rings. The van der Waals surface area contributed by atoms with Gasteiger partial charge in [0.05, 0.1) is 6.04 Å². The summed E-state index contributed by atoms with van der Waals surface area (Å²) >= 11 is 0. The van der Waals surface area contributed by atoms with Crippen LogP contribution >= 0.6 is 0 Å². The minimum atomic E-state index is -0.141. The van der Waals surface area contributed by atoms with Crippen molar-refractivity contribution in [3.63, 3.8) is 0 Å². The van der Waals surface area contributed by atoms with E-state index in [2.05, 4.69) is 29.1 Å². The van der Waals surface area contributed by atoms with Gasteiger partial charge < -0.3 is 4.90 Å². The molecule has 0 radical (unpaired) electrons. The van der Waals surface area contributed by atoms with Gasteiger partial charge in [0.2, 0.25) is 5.91 Å². The average Bonchev–Trinajstić information content (AvgIpc) is 2.75. The number of hydrogen-bond acceptors (Lipinski definition) is 5. The molecule has 0 spiro atoms. The summed E-state index contributed by atoms with van der Waals surface area (Å²) in [5.41, 5.74) is 1.59. The van der Waals surface area contributed by atoms with Gasteiger partial charge in [0.15, 0.2) is 0 Å². The number of carbonyl (C=O) groups is 1. The minimum Gasteiger partial charge on any atom is -0.340 e. The monoisotopic (exact) mass is 252 g/mol. The molecule has 1 saturated heterocycles. The number of aromatic nitrogens is 2. The molecule has 0 aliphatic carbocycles. The van der Waals surface area contributed by atoms with Gasteiger partial charge in [-0.1, -0.05) is 10.3 Å². The second-order valence-electron chi connectivity index (χ2n) is 5.07. The number of piperazine rings is 1. The fourth-order valence-electron chi connectivity index (χ4n) is 2.44. The molecule has 6 nitrogen and oxygen atoms in total. The van der Waals surface area contributed by atoms with Crippen molar-refractivity contribution in [1.82, 2.24) is 20.1 Å². The number of likely N-dealkylation sites (N-methyl/N-ethyl adjacent to an activating group) is 1. The van der Waals surface area contributed by atoms with Crippen LogP contribution in [0.15, 0.2) is 4.63 Å². The van der Waals surface area contributed by atoms with Gasteiger partial charge in [-0.15, -0.1) is 0 Å². The predicted molar refractivity (Wildman–Crippen MR) is 65.7 cm³/mol. The number of hydrogen-bond donors (Lipinski definition) is 0. The SMILES string of the molecule is Cc1nonc1CN1[C@H](C)C(=O)N(C)[C@@H](C)[C@H]1C. The zero-order valence-corrected chi connectivity index (χ0v) is 11.5. The van der Waals surface area contributed by atoms with Gasteiger partial charge >= 0.3 is 0 Å². The Labute approximate surface area is 107 Å². The number of rotatable bonds is 2. The van der Waals surface area contributed by atoms with Crippen molar-refractivity contribution in [2.45, 2.75) is 52.4 Å². The third-order valence-electron chi connectivity index (χ3n) is 4.11. The van der Waals surface area contributed by atoms with E-state index in [9.17, 15) is 4.79 Å². The number of aryl methyl sites for hydroxylation is 1. The van der Waals surface area contributed by atoms with Crippen molar-refractivity contribution in [1.29, 1.82) is 0 Å². The van der Waals surface area contributed by atoms with Gasteiger partial charge in [-0.25, -0.2) is 4.63 Å². The Kier molecular flexibility index (Phi) is 3.38. The van der Waals surface area contributed by atoms with E-state index >= 15 is 0 Å². The van der Waals surface area contributed by atoms with Crippen molar-refractivity contribution >= 4 is 5.91 Å². The minimum absolute atomic E-state index is 0.141. The second-order valence-corrected chi connectivity index (χ2v) is 5.07. The highest BCUT2D eigenvalue weighted by molar-refractivity contribution is 5.82. The molecule has 1 fully saturated rings. The van der Waals surface area contributed by atoms with Crippen molar-refractivity contribution in [3.8, 4) is 0 Å². The molecule has 0 unspecified atom stereocenters. The molecule has 0 N–H and O–H groups in total. The van der Waals surface area contributed by atoms with E-state index in [4.69, 9.17) is 4.63 Å². The molecule has 100 valence electrons. The largest absolute Gasteiger partial charge is 0.340 e. The molecule has 1 amide bonds. The first-order valence-corrected chi connectivity index (χ1v) is 6.24. The van der Waals surface area contributed by atoms with Crippen LogP contribution in [-0.4, -0.2) is 51.2 Å². The van der Waals surface area contributed by atoms with E-state index in [1.165, 1.54) is 0 Å². The summed E-state index contributed by atoms with van der Waals surface area (Å²) in [7, 11) is 1.86. The molecular weight excluding hydrogens is 232 g/mol. The van der Waals surface area contributed by atoms with Gasteiger partial charge in [0, 0.05) is 25.7 Å². The topological polar surface area (TPSA) is 62.5 Å². The summed E-state index contributed by atoms with van der Waals surface area (Å²) in [4.78, 5) is 16.1. The Balaban J connectivity index is 2.21. The lowest BCUT2D eigenvalue weighted by molar-refractivity contribution is -0.146. The van der Waals surface area contributed by atoms with Crippen molar-refractivity contribution < 1.29 is 9.42 Å². The van der Waals surface area contributed by atoms with Crippen LogP contribution in [0.2, 0.25) is 0 Å². The van der Waals surface area contributed by atoms with Crippen molar-refractivity contribution in [2.75, 3.05) is 7.05 Å². The van der Waals surface area contributed by atoms with E-state index in [1.807, 2.05) is 25.8 Å². The highest BCUT2D eigenvalue weighted by Gasteiger charge is 2.39. The molecule has 2 rings (SSSR count). The summed E-state index contributed by atoms with van der Waals surface area (Å²) in [5, 5.41) is 7.67. The van der Waals surface area contributed by atoms with Crippen molar-refractivity contribution in [2.24, 2.45) is 0 Å². The number of amides is 1. The Morgan fingerprint density at radius 1 is 1.22 bits per heavy atom. The first kappa shape index (κ1) is 13.0. The van der Waals surface area contributed by atoms with Crippen LogP contribution in [0.4, 0.5) is 0 Å². The summed E-state index contributed by atoms with van der Waals surface area (Å²) in [5.74, 6) is 0.148. The third-order valence-corrected chi connectivity index (χ3v) is 4.11. The summed E-state index contributed by atoms with van der Waals surface area (Å²) < 4.78 is 4.71. The van der Waals surface area contributed by atoms with E-state index in [-0.39, 0.29) is 24.0 Å². The number of nitrogens with zero attached hydrogens (tertiary/aromatic N) is 4. The molecule has 3 atom stereocenters. The molecular formula is C12H20N4O2. The Morgan fingerprint density at radius 3 is 2.44 bits per heavy atom. The predicted octanol–water partition coefficient (Wildman–Crippen LogP) is 0.818. The molecule has 0 bridgehead atoms. The quantitative estimate of drug-likeness (QED) is 0.779. The first-order chi connectivity index (χ1) is 8.43. The molecule has 0 saturated carbocycles. The van der Waals surface area contributed by atoms with Crippen LogP contribution in [0.25, 0.3) is 0 Å². The zero-order chi connectivity index (χ0) is 13.4. The fraction of sp³-hybridized carbons (Fsp3) is 0.750. The number of carbonyl (C=O) groups excluding carboxylic acids is 1. The van der Waals surface area contributed by atoms with Crippen LogP contribution in [0, 0.1) is 6.92 Å².